The second kappa shape index (κ2) is 3.46. The van der Waals surface area contributed by atoms with Crippen LogP contribution in [0.4, 0.5) is 0 Å². The van der Waals surface area contributed by atoms with Gasteiger partial charge in [-0.2, -0.15) is 0 Å². The molecule has 72 valence electrons. The van der Waals surface area contributed by atoms with Crippen LogP contribution in [0, 0.1) is 0 Å². The lowest BCUT2D eigenvalue weighted by Crippen LogP contribution is -1.99. The van der Waals surface area contributed by atoms with Gasteiger partial charge in [0.25, 0.3) is 0 Å². The summed E-state index contributed by atoms with van der Waals surface area (Å²) in [7, 11) is 0. The maximum Gasteiger partial charge on any atom is 0.308 e. The van der Waals surface area contributed by atoms with E-state index in [1.54, 1.807) is 6.20 Å². The molecular formula is C10H8BrNO2. The van der Waals surface area contributed by atoms with Gasteiger partial charge in [0.05, 0.1) is 11.7 Å². The van der Waals surface area contributed by atoms with Gasteiger partial charge < -0.3 is 9.14 Å². The van der Waals surface area contributed by atoms with Crippen LogP contribution in [0.15, 0.2) is 35.1 Å². The number of nitrogens with zero attached hydrogens (tertiary/aromatic N) is 1. The summed E-state index contributed by atoms with van der Waals surface area (Å²) < 4.78 is 7.84. The average Bonchev–Trinajstić information content (AvgIpc) is 2.47. The molecular weight excluding hydrogens is 246 g/mol. The van der Waals surface area contributed by atoms with E-state index >= 15 is 0 Å². The predicted molar refractivity (Wildman–Crippen MR) is 56.4 cm³/mol. The lowest BCUT2D eigenvalue weighted by Gasteiger charge is -1.93. The molecule has 4 heteroatoms. The van der Waals surface area contributed by atoms with Gasteiger partial charge in [-0.15, -0.1) is 0 Å². The summed E-state index contributed by atoms with van der Waals surface area (Å²) in [6, 6.07) is 5.66. The molecule has 2 heterocycles. The standard InChI is InChI=1S/C10H8BrNO2/c1-7(13)14-8-5-10-9(11)3-2-4-12(10)6-8/h2-6H,1H3. The normalized spacial score (nSPS) is 10.4. The fourth-order valence-electron chi connectivity index (χ4n) is 1.30. The fourth-order valence-corrected chi connectivity index (χ4v) is 1.77. The number of aromatic nitrogens is 1. The lowest BCUT2D eigenvalue weighted by atomic mass is 10.4. The highest BCUT2D eigenvalue weighted by Gasteiger charge is 2.04. The van der Waals surface area contributed by atoms with Crippen molar-refractivity contribution >= 4 is 27.4 Å². The Labute approximate surface area is 89.4 Å². The van der Waals surface area contributed by atoms with E-state index in [1.165, 1.54) is 6.92 Å². The molecule has 0 saturated carbocycles. The molecule has 2 rings (SSSR count). The zero-order chi connectivity index (χ0) is 10.1. The van der Waals surface area contributed by atoms with Crippen LogP contribution in [-0.2, 0) is 4.79 Å². The van der Waals surface area contributed by atoms with Crippen molar-refractivity contribution in [3.63, 3.8) is 0 Å². The van der Waals surface area contributed by atoms with Crippen molar-refractivity contribution in [1.82, 2.24) is 4.40 Å². The number of ether oxygens (including phenoxy) is 1. The molecule has 0 radical (unpaired) electrons. The number of rotatable bonds is 1. The van der Waals surface area contributed by atoms with Gasteiger partial charge in [-0.05, 0) is 28.1 Å². The van der Waals surface area contributed by atoms with Crippen LogP contribution < -0.4 is 4.74 Å². The third-order valence-electron chi connectivity index (χ3n) is 1.82. The summed E-state index contributed by atoms with van der Waals surface area (Å²) >= 11 is 3.42. The van der Waals surface area contributed by atoms with Crippen LogP contribution >= 0.6 is 15.9 Å². The van der Waals surface area contributed by atoms with E-state index < -0.39 is 0 Å². The quantitative estimate of drug-likeness (QED) is 0.732. The van der Waals surface area contributed by atoms with E-state index in [0.29, 0.717) is 5.75 Å². The number of carbonyl (C=O) groups is 1. The number of pyridine rings is 1. The number of carbonyl (C=O) groups excluding carboxylic acids is 1. The zero-order valence-corrected chi connectivity index (χ0v) is 9.11. The molecule has 14 heavy (non-hydrogen) atoms. The Morgan fingerprint density at radius 1 is 1.57 bits per heavy atom. The molecule has 0 fully saturated rings. The number of hydrogen-bond acceptors (Lipinski definition) is 2. The van der Waals surface area contributed by atoms with Gasteiger partial charge in [0.2, 0.25) is 0 Å². The number of fused-ring (bicyclic) bond motifs is 1. The Morgan fingerprint density at radius 2 is 2.36 bits per heavy atom. The highest BCUT2D eigenvalue weighted by atomic mass is 79.9. The Balaban J connectivity index is 2.51. The Hall–Kier alpha value is -1.29. The molecule has 0 aliphatic heterocycles. The van der Waals surface area contributed by atoms with Crippen molar-refractivity contribution in [2.45, 2.75) is 6.92 Å². The van der Waals surface area contributed by atoms with Crippen molar-refractivity contribution in [2.24, 2.45) is 0 Å². The first kappa shape index (κ1) is 9.27. The largest absolute Gasteiger partial charge is 0.425 e. The summed E-state index contributed by atoms with van der Waals surface area (Å²) in [6.45, 7) is 1.39. The maximum absolute atomic E-state index is 10.7. The molecule has 0 unspecified atom stereocenters. The van der Waals surface area contributed by atoms with Gasteiger partial charge in [0.1, 0.15) is 5.75 Å². The van der Waals surface area contributed by atoms with E-state index in [4.69, 9.17) is 4.74 Å². The molecule has 0 aromatic carbocycles. The van der Waals surface area contributed by atoms with Crippen molar-refractivity contribution < 1.29 is 9.53 Å². The monoisotopic (exact) mass is 253 g/mol. The van der Waals surface area contributed by atoms with Gasteiger partial charge in [0, 0.05) is 23.7 Å². The van der Waals surface area contributed by atoms with Crippen LogP contribution in [0.3, 0.4) is 0 Å². The Kier molecular flexibility index (Phi) is 2.29. The van der Waals surface area contributed by atoms with Crippen LogP contribution in [0.25, 0.3) is 5.52 Å². The summed E-state index contributed by atoms with van der Waals surface area (Å²) in [4.78, 5) is 10.7. The van der Waals surface area contributed by atoms with Crippen LogP contribution in [0.2, 0.25) is 0 Å². The van der Waals surface area contributed by atoms with Gasteiger partial charge in [0.15, 0.2) is 0 Å². The molecule has 0 amide bonds. The Morgan fingerprint density at radius 3 is 3.00 bits per heavy atom. The molecule has 2 aromatic heterocycles. The SMILES string of the molecule is CC(=O)Oc1cc2c(Br)cccn2c1. The molecule has 0 atom stereocenters. The van der Waals surface area contributed by atoms with E-state index in [2.05, 4.69) is 15.9 Å². The van der Waals surface area contributed by atoms with Crippen molar-refractivity contribution in [2.75, 3.05) is 0 Å². The third-order valence-corrected chi connectivity index (χ3v) is 2.49. The summed E-state index contributed by atoms with van der Waals surface area (Å²) in [5.41, 5.74) is 0.976. The van der Waals surface area contributed by atoms with Crippen LogP contribution in [0.1, 0.15) is 6.92 Å². The molecule has 3 nitrogen and oxygen atoms in total. The van der Waals surface area contributed by atoms with E-state index in [-0.39, 0.29) is 5.97 Å². The average molecular weight is 254 g/mol. The first-order chi connectivity index (χ1) is 6.66. The summed E-state index contributed by atoms with van der Waals surface area (Å²) in [5, 5.41) is 0. The van der Waals surface area contributed by atoms with Gasteiger partial charge in [-0.3, -0.25) is 4.79 Å². The smallest absolute Gasteiger partial charge is 0.308 e. The second-order valence-electron chi connectivity index (χ2n) is 2.92. The first-order valence-corrected chi connectivity index (χ1v) is 4.91. The van der Waals surface area contributed by atoms with Gasteiger partial charge in [-0.25, -0.2) is 0 Å². The third kappa shape index (κ3) is 1.65. The molecule has 0 aliphatic rings. The van der Waals surface area contributed by atoms with Gasteiger partial charge >= 0.3 is 5.97 Å². The molecule has 0 spiro atoms. The number of esters is 1. The fraction of sp³-hybridized carbons (Fsp3) is 0.100. The molecule has 0 bridgehead atoms. The zero-order valence-electron chi connectivity index (χ0n) is 7.53. The molecule has 2 aromatic rings. The highest BCUT2D eigenvalue weighted by molar-refractivity contribution is 9.10. The van der Waals surface area contributed by atoms with Crippen molar-refractivity contribution in [3.8, 4) is 5.75 Å². The minimum Gasteiger partial charge on any atom is -0.425 e. The van der Waals surface area contributed by atoms with Crippen LogP contribution in [0.5, 0.6) is 5.75 Å². The Bertz CT molecular complexity index is 490. The topological polar surface area (TPSA) is 30.7 Å². The lowest BCUT2D eigenvalue weighted by molar-refractivity contribution is -0.131. The number of hydrogen-bond donors (Lipinski definition) is 0. The van der Waals surface area contributed by atoms with E-state index in [9.17, 15) is 4.79 Å². The molecule has 0 N–H and O–H groups in total. The molecule has 0 saturated heterocycles. The van der Waals surface area contributed by atoms with Crippen LogP contribution in [-0.4, -0.2) is 10.4 Å². The minimum absolute atomic E-state index is 0.308. The summed E-state index contributed by atoms with van der Waals surface area (Å²) in [5.74, 6) is 0.251. The second-order valence-corrected chi connectivity index (χ2v) is 3.77. The molecule has 0 aliphatic carbocycles. The van der Waals surface area contributed by atoms with Gasteiger partial charge in [-0.1, -0.05) is 0 Å². The highest BCUT2D eigenvalue weighted by Crippen LogP contribution is 2.23. The minimum atomic E-state index is -0.308. The van der Waals surface area contributed by atoms with Crippen molar-refractivity contribution in [3.05, 3.63) is 35.1 Å². The van der Waals surface area contributed by atoms with E-state index in [1.807, 2.05) is 28.8 Å². The maximum atomic E-state index is 10.7. The predicted octanol–water partition coefficient (Wildman–Crippen LogP) is 2.63. The number of halogens is 1. The summed E-state index contributed by atoms with van der Waals surface area (Å²) in [6.07, 6.45) is 3.66. The van der Waals surface area contributed by atoms with E-state index in [0.717, 1.165) is 9.99 Å². The first-order valence-electron chi connectivity index (χ1n) is 4.11. The van der Waals surface area contributed by atoms with Crippen molar-refractivity contribution in [1.29, 1.82) is 0 Å².